The molecule has 0 bridgehead atoms. The van der Waals surface area contributed by atoms with Crippen molar-refractivity contribution in [1.82, 2.24) is 15.6 Å². The quantitative estimate of drug-likeness (QED) is 0.894. The average Bonchev–Trinajstić information content (AvgIpc) is 2.97. The van der Waals surface area contributed by atoms with Crippen molar-refractivity contribution in [1.29, 1.82) is 0 Å². The fourth-order valence-corrected chi connectivity index (χ4v) is 2.91. The lowest BCUT2D eigenvalue weighted by atomic mass is 9.90. The van der Waals surface area contributed by atoms with E-state index in [1.807, 2.05) is 23.6 Å². The number of amides is 1. The second kappa shape index (κ2) is 5.50. The van der Waals surface area contributed by atoms with E-state index < -0.39 is 0 Å². The van der Waals surface area contributed by atoms with Crippen LogP contribution in [0, 0.1) is 0 Å². The third kappa shape index (κ3) is 2.67. The van der Waals surface area contributed by atoms with Crippen molar-refractivity contribution in [3.63, 3.8) is 0 Å². The Morgan fingerprint density at radius 3 is 3.21 bits per heavy atom. The summed E-state index contributed by atoms with van der Waals surface area (Å²) >= 11 is 1.56. The monoisotopic (exact) mass is 273 g/mol. The van der Waals surface area contributed by atoms with Crippen LogP contribution < -0.4 is 10.6 Å². The highest BCUT2D eigenvalue weighted by Gasteiger charge is 2.25. The molecule has 2 heterocycles. The van der Waals surface area contributed by atoms with Gasteiger partial charge in [-0.15, -0.1) is 11.3 Å². The first-order chi connectivity index (χ1) is 9.34. The van der Waals surface area contributed by atoms with Crippen LogP contribution in [0.1, 0.15) is 22.1 Å². The Labute approximate surface area is 115 Å². The van der Waals surface area contributed by atoms with Gasteiger partial charge in [0.1, 0.15) is 5.01 Å². The zero-order valence-electron chi connectivity index (χ0n) is 10.4. The number of rotatable bonds is 3. The van der Waals surface area contributed by atoms with E-state index in [-0.39, 0.29) is 11.8 Å². The first kappa shape index (κ1) is 12.3. The van der Waals surface area contributed by atoms with E-state index in [2.05, 4.69) is 21.7 Å². The molecule has 1 aromatic carbocycles. The van der Waals surface area contributed by atoms with E-state index in [1.165, 1.54) is 5.56 Å². The lowest BCUT2D eigenvalue weighted by Gasteiger charge is -2.25. The average molecular weight is 273 g/mol. The minimum Gasteiger partial charge on any atom is -0.349 e. The summed E-state index contributed by atoms with van der Waals surface area (Å²) in [6.45, 7) is 2.04. The number of hydrogen-bond acceptors (Lipinski definition) is 4. The summed E-state index contributed by atoms with van der Waals surface area (Å²) in [7, 11) is 0. The third-order valence-electron chi connectivity index (χ3n) is 3.31. The number of nitrogens with one attached hydrogen (secondary N) is 2. The predicted molar refractivity (Wildman–Crippen MR) is 74.9 cm³/mol. The van der Waals surface area contributed by atoms with Gasteiger partial charge in [-0.1, -0.05) is 24.3 Å². The van der Waals surface area contributed by atoms with Crippen LogP contribution in [-0.4, -0.2) is 17.4 Å². The maximum absolute atomic E-state index is 12.3. The number of fused-ring (bicyclic) bond motifs is 1. The van der Waals surface area contributed by atoms with Crippen molar-refractivity contribution in [3.8, 4) is 0 Å². The van der Waals surface area contributed by atoms with E-state index >= 15 is 0 Å². The molecule has 0 fully saturated rings. The summed E-state index contributed by atoms with van der Waals surface area (Å²) in [5.41, 5.74) is 2.35. The number of thiazole rings is 1. The topological polar surface area (TPSA) is 54.0 Å². The summed E-state index contributed by atoms with van der Waals surface area (Å²) < 4.78 is 0. The van der Waals surface area contributed by atoms with Gasteiger partial charge in [0.05, 0.1) is 12.5 Å². The molecule has 2 N–H and O–H groups in total. The highest BCUT2D eigenvalue weighted by atomic mass is 32.1. The maximum atomic E-state index is 12.3. The van der Waals surface area contributed by atoms with Crippen LogP contribution >= 0.6 is 11.3 Å². The molecule has 2 aromatic rings. The van der Waals surface area contributed by atoms with Gasteiger partial charge >= 0.3 is 0 Å². The van der Waals surface area contributed by atoms with Gasteiger partial charge in [0.15, 0.2) is 0 Å². The first-order valence-electron chi connectivity index (χ1n) is 6.29. The summed E-state index contributed by atoms with van der Waals surface area (Å²) in [5.74, 6) is -0.0419. The molecule has 19 heavy (non-hydrogen) atoms. The minimum atomic E-state index is -0.107. The molecule has 0 saturated heterocycles. The molecule has 0 saturated carbocycles. The number of hydrogen-bond donors (Lipinski definition) is 2. The van der Waals surface area contributed by atoms with Gasteiger partial charge < -0.3 is 10.6 Å². The summed E-state index contributed by atoms with van der Waals surface area (Å²) in [6, 6.07) is 8.12. The molecule has 3 rings (SSSR count). The van der Waals surface area contributed by atoms with Crippen LogP contribution in [0.5, 0.6) is 0 Å². The van der Waals surface area contributed by atoms with E-state index in [1.54, 1.807) is 17.5 Å². The van der Waals surface area contributed by atoms with Crippen LogP contribution in [0.2, 0.25) is 0 Å². The molecule has 5 heteroatoms. The largest absolute Gasteiger partial charge is 0.349 e. The van der Waals surface area contributed by atoms with Crippen LogP contribution in [0.15, 0.2) is 35.8 Å². The van der Waals surface area contributed by atoms with Crippen molar-refractivity contribution < 1.29 is 4.79 Å². The van der Waals surface area contributed by atoms with Crippen molar-refractivity contribution in [2.24, 2.45) is 0 Å². The van der Waals surface area contributed by atoms with Gasteiger partial charge in [-0.2, -0.15) is 0 Å². The molecule has 1 aliphatic rings. The van der Waals surface area contributed by atoms with E-state index in [0.29, 0.717) is 13.1 Å². The molecule has 0 spiro atoms. The Bertz CT molecular complexity index is 568. The Hall–Kier alpha value is -1.72. The number of nitrogens with zero attached hydrogens (tertiary/aromatic N) is 1. The van der Waals surface area contributed by atoms with Gasteiger partial charge in [0, 0.05) is 24.7 Å². The molecule has 0 aliphatic carbocycles. The smallest absolute Gasteiger partial charge is 0.229 e. The summed E-state index contributed by atoms with van der Waals surface area (Å²) in [4.78, 5) is 16.4. The molecule has 1 amide bonds. The lowest BCUT2D eigenvalue weighted by Crippen LogP contribution is -2.38. The Kier molecular flexibility index (Phi) is 3.57. The minimum absolute atomic E-state index is 0.0647. The number of benzene rings is 1. The normalized spacial score (nSPS) is 17.8. The van der Waals surface area contributed by atoms with Crippen molar-refractivity contribution in [3.05, 3.63) is 52.0 Å². The van der Waals surface area contributed by atoms with Gasteiger partial charge in [-0.3, -0.25) is 4.79 Å². The highest BCUT2D eigenvalue weighted by Crippen LogP contribution is 2.23. The van der Waals surface area contributed by atoms with Gasteiger partial charge in [0.25, 0.3) is 0 Å². The molecule has 1 unspecified atom stereocenters. The summed E-state index contributed by atoms with van der Waals surface area (Å²) in [5, 5.41) is 9.11. The zero-order valence-corrected chi connectivity index (χ0v) is 11.2. The predicted octanol–water partition coefficient (Wildman–Crippen LogP) is 1.65. The molecular weight excluding hydrogens is 258 g/mol. The Morgan fingerprint density at radius 2 is 2.37 bits per heavy atom. The van der Waals surface area contributed by atoms with Gasteiger partial charge in [0.2, 0.25) is 5.91 Å². The zero-order chi connectivity index (χ0) is 13.1. The number of aromatic nitrogens is 1. The van der Waals surface area contributed by atoms with Crippen LogP contribution in [-0.2, 0) is 17.9 Å². The lowest BCUT2D eigenvalue weighted by molar-refractivity contribution is -0.122. The molecule has 0 radical (unpaired) electrons. The maximum Gasteiger partial charge on any atom is 0.229 e. The fourth-order valence-electron chi connectivity index (χ4n) is 2.36. The highest BCUT2D eigenvalue weighted by molar-refractivity contribution is 7.09. The van der Waals surface area contributed by atoms with Crippen molar-refractivity contribution in [2.75, 3.05) is 6.54 Å². The van der Waals surface area contributed by atoms with Crippen LogP contribution in [0.25, 0.3) is 0 Å². The summed E-state index contributed by atoms with van der Waals surface area (Å²) in [6.07, 6.45) is 1.75. The second-order valence-electron chi connectivity index (χ2n) is 4.53. The van der Waals surface area contributed by atoms with Gasteiger partial charge in [-0.25, -0.2) is 4.98 Å². The molecular formula is C14H15N3OS. The second-order valence-corrected chi connectivity index (χ2v) is 5.51. The van der Waals surface area contributed by atoms with E-state index in [0.717, 1.165) is 17.1 Å². The van der Waals surface area contributed by atoms with E-state index in [9.17, 15) is 4.79 Å². The molecule has 4 nitrogen and oxygen atoms in total. The first-order valence-corrected chi connectivity index (χ1v) is 7.17. The standard InChI is InChI=1S/C14H15N3OS/c18-14(17-9-13-16-5-6-19-13)12-8-15-7-10-3-1-2-4-11(10)12/h1-6,12,15H,7-9H2,(H,17,18). The van der Waals surface area contributed by atoms with Crippen molar-refractivity contribution in [2.45, 2.75) is 19.0 Å². The number of carbonyl (C=O) groups excluding carboxylic acids is 1. The van der Waals surface area contributed by atoms with Crippen LogP contribution in [0.4, 0.5) is 0 Å². The number of carbonyl (C=O) groups is 1. The molecule has 1 aliphatic heterocycles. The Balaban J connectivity index is 1.71. The third-order valence-corrected chi connectivity index (χ3v) is 4.09. The SMILES string of the molecule is O=C(NCc1nccs1)C1CNCc2ccccc21. The Morgan fingerprint density at radius 1 is 1.47 bits per heavy atom. The van der Waals surface area contributed by atoms with Gasteiger partial charge in [-0.05, 0) is 11.1 Å². The van der Waals surface area contributed by atoms with Crippen LogP contribution in [0.3, 0.4) is 0 Å². The fraction of sp³-hybridized carbons (Fsp3) is 0.286. The molecule has 1 atom stereocenters. The van der Waals surface area contributed by atoms with E-state index in [4.69, 9.17) is 0 Å². The molecule has 1 aromatic heterocycles. The molecule has 98 valence electrons. The van der Waals surface area contributed by atoms with Crippen molar-refractivity contribution >= 4 is 17.2 Å².